The maximum Gasteiger partial charge on any atom is 0.432 e. The first-order valence-electron chi connectivity index (χ1n) is 15.2. The summed E-state index contributed by atoms with van der Waals surface area (Å²) in [5.41, 5.74) is -2.96. The average Bonchev–Trinajstić information content (AvgIpc) is 3.02. The Morgan fingerprint density at radius 3 is 1.68 bits per heavy atom. The molecular formula is C35H40F3N3O6. The van der Waals surface area contributed by atoms with Crippen LogP contribution in [0, 0.1) is 0 Å². The molecule has 0 radical (unpaired) electrons. The summed E-state index contributed by atoms with van der Waals surface area (Å²) in [6, 6.07) is 23.9. The fourth-order valence-electron chi connectivity index (χ4n) is 5.42. The van der Waals surface area contributed by atoms with Crippen molar-refractivity contribution < 1.29 is 41.8 Å². The zero-order valence-electron chi connectivity index (χ0n) is 26.9. The molecule has 2 atom stereocenters. The number of methoxy groups -OCH3 is 1. The van der Waals surface area contributed by atoms with Crippen LogP contribution >= 0.6 is 0 Å². The van der Waals surface area contributed by atoms with Crippen LogP contribution in [0.4, 0.5) is 18.0 Å². The highest BCUT2D eigenvalue weighted by molar-refractivity contribution is 5.83. The molecule has 0 N–H and O–H groups in total. The molecule has 1 aliphatic rings. The van der Waals surface area contributed by atoms with Crippen molar-refractivity contribution >= 4 is 18.0 Å². The van der Waals surface area contributed by atoms with Crippen molar-refractivity contribution in [3.05, 3.63) is 108 Å². The van der Waals surface area contributed by atoms with E-state index in [9.17, 15) is 27.6 Å². The Morgan fingerprint density at radius 2 is 1.26 bits per heavy atom. The topological polar surface area (TPSA) is 88.6 Å². The van der Waals surface area contributed by atoms with Gasteiger partial charge in [0, 0.05) is 32.2 Å². The monoisotopic (exact) mass is 655 g/mol. The van der Waals surface area contributed by atoms with Crippen molar-refractivity contribution in [2.24, 2.45) is 0 Å². The van der Waals surface area contributed by atoms with Crippen molar-refractivity contribution in [3.8, 4) is 0 Å². The molecule has 252 valence electrons. The number of hydrogen-bond acceptors (Lipinski definition) is 7. The maximum absolute atomic E-state index is 14.4. The summed E-state index contributed by atoms with van der Waals surface area (Å²) in [7, 11) is 0.790. The summed E-state index contributed by atoms with van der Waals surface area (Å²) < 4.78 is 59.1. The van der Waals surface area contributed by atoms with E-state index in [1.165, 1.54) is 18.2 Å². The highest BCUT2D eigenvalue weighted by atomic mass is 19.4. The number of ether oxygens (including phenoxy) is 3. The number of hydrogen-bond donors (Lipinski definition) is 0. The van der Waals surface area contributed by atoms with Crippen LogP contribution < -0.4 is 0 Å². The van der Waals surface area contributed by atoms with E-state index in [1.54, 1.807) is 35.5 Å². The number of alkyl halides is 3. The van der Waals surface area contributed by atoms with Crippen LogP contribution in [-0.4, -0.2) is 77.5 Å². The molecule has 0 aliphatic carbocycles. The van der Waals surface area contributed by atoms with E-state index < -0.39 is 47.5 Å². The molecule has 3 aromatic carbocycles. The average molecular weight is 656 g/mol. The van der Waals surface area contributed by atoms with Crippen LogP contribution in [0.15, 0.2) is 91.0 Å². The van der Waals surface area contributed by atoms with E-state index in [-0.39, 0.29) is 38.9 Å². The van der Waals surface area contributed by atoms with Crippen molar-refractivity contribution in [2.45, 2.75) is 63.7 Å². The third kappa shape index (κ3) is 8.69. The number of amides is 2. The fourth-order valence-corrected chi connectivity index (χ4v) is 5.42. The van der Waals surface area contributed by atoms with E-state index in [2.05, 4.69) is 0 Å². The second-order valence-corrected chi connectivity index (χ2v) is 12.2. The molecule has 1 fully saturated rings. The molecule has 1 heterocycles. The van der Waals surface area contributed by atoms with Gasteiger partial charge in [0.2, 0.25) is 0 Å². The molecule has 12 heteroatoms. The van der Waals surface area contributed by atoms with Gasteiger partial charge in [-0.15, -0.1) is 0 Å². The summed E-state index contributed by atoms with van der Waals surface area (Å²) in [5.74, 6) is -2.33. The second kappa shape index (κ2) is 15.0. The van der Waals surface area contributed by atoms with Gasteiger partial charge in [0.1, 0.15) is 11.6 Å². The third-order valence-electron chi connectivity index (χ3n) is 7.60. The smallest absolute Gasteiger partial charge is 0.432 e. The fraction of sp³-hybridized carbons (Fsp3) is 0.400. The van der Waals surface area contributed by atoms with E-state index in [0.29, 0.717) is 0 Å². The van der Waals surface area contributed by atoms with Gasteiger partial charge in [-0.25, -0.2) is 9.59 Å². The molecule has 9 nitrogen and oxygen atoms in total. The minimum atomic E-state index is -5.14. The molecule has 0 aromatic heterocycles. The van der Waals surface area contributed by atoms with Crippen molar-refractivity contribution in [2.75, 3.05) is 27.1 Å². The number of esters is 2. The zero-order chi connectivity index (χ0) is 34.2. The zero-order valence-corrected chi connectivity index (χ0v) is 26.9. The Kier molecular flexibility index (Phi) is 11.3. The first-order chi connectivity index (χ1) is 22.2. The first kappa shape index (κ1) is 35.4. The highest BCUT2D eigenvalue weighted by Crippen LogP contribution is 2.43. The van der Waals surface area contributed by atoms with Gasteiger partial charge in [0.15, 0.2) is 0 Å². The summed E-state index contributed by atoms with van der Waals surface area (Å²) in [6.45, 7) is 5.06. The Hall–Kier alpha value is -4.42. The maximum atomic E-state index is 14.4. The lowest BCUT2D eigenvalue weighted by Crippen LogP contribution is -2.61. The Labute approximate surface area is 272 Å². The first-order valence-corrected chi connectivity index (χ1v) is 15.2. The molecular weight excluding hydrogens is 615 g/mol. The van der Waals surface area contributed by atoms with E-state index >= 15 is 0 Å². The quantitative estimate of drug-likeness (QED) is 0.218. The van der Waals surface area contributed by atoms with Gasteiger partial charge in [-0.05, 0) is 31.9 Å². The van der Waals surface area contributed by atoms with Gasteiger partial charge in [-0.1, -0.05) is 91.0 Å². The highest BCUT2D eigenvalue weighted by Gasteiger charge is 2.64. The third-order valence-corrected chi connectivity index (χ3v) is 7.60. The standard InChI is InChI=1S/C35H40F3N3O6/c1-33(2,3)47-30(42)29(20-21-46-31(43)34(45-4,35(36,37)38)28-18-12-7-13-19-28)41-24-39(22-26-14-8-5-9-15-26)32(44)40(25-41)23-27-16-10-6-11-17-27/h5-19,29H,20-25H2,1-4H3/t29-,34+/m0/s1. The normalized spacial score (nSPS) is 16.4. The van der Waals surface area contributed by atoms with Crippen LogP contribution in [0.1, 0.15) is 43.9 Å². The summed E-state index contributed by atoms with van der Waals surface area (Å²) in [5, 5.41) is 0. The van der Waals surface area contributed by atoms with Gasteiger partial charge in [0.25, 0.3) is 5.60 Å². The predicted molar refractivity (Wildman–Crippen MR) is 167 cm³/mol. The predicted octanol–water partition coefficient (Wildman–Crippen LogP) is 6.09. The van der Waals surface area contributed by atoms with Gasteiger partial charge in [-0.3, -0.25) is 9.69 Å². The van der Waals surface area contributed by atoms with Crippen LogP contribution in [0.25, 0.3) is 0 Å². The van der Waals surface area contributed by atoms with E-state index in [1.807, 2.05) is 60.7 Å². The molecule has 0 spiro atoms. The Morgan fingerprint density at radius 1 is 0.787 bits per heavy atom. The van der Waals surface area contributed by atoms with Crippen LogP contribution in [0.2, 0.25) is 0 Å². The molecule has 3 aromatic rings. The van der Waals surface area contributed by atoms with Crippen LogP contribution in [-0.2, 0) is 42.5 Å². The number of carbonyl (C=O) groups excluding carboxylic acids is 3. The molecule has 4 rings (SSSR count). The van der Waals surface area contributed by atoms with Gasteiger partial charge in [-0.2, -0.15) is 13.2 Å². The Balaban J connectivity index is 1.61. The molecule has 1 saturated heterocycles. The van der Waals surface area contributed by atoms with Crippen molar-refractivity contribution in [3.63, 3.8) is 0 Å². The molecule has 1 aliphatic heterocycles. The van der Waals surface area contributed by atoms with Crippen LogP contribution in [0.5, 0.6) is 0 Å². The molecule has 47 heavy (non-hydrogen) atoms. The SMILES string of the molecule is CO[C@@](C(=O)OCC[C@@H](C(=O)OC(C)(C)C)N1CN(Cc2ccccc2)C(=O)N(Cc2ccccc2)C1)(c1ccccc1)C(F)(F)F. The number of rotatable bonds is 12. The van der Waals surface area contributed by atoms with Crippen molar-refractivity contribution in [1.29, 1.82) is 0 Å². The largest absolute Gasteiger partial charge is 0.463 e. The number of nitrogens with zero attached hydrogens (tertiary/aromatic N) is 3. The van der Waals surface area contributed by atoms with E-state index in [0.717, 1.165) is 30.4 Å². The number of carbonyl (C=O) groups is 3. The number of halogens is 3. The number of benzene rings is 3. The van der Waals surface area contributed by atoms with Crippen LogP contribution in [0.3, 0.4) is 0 Å². The number of urea groups is 1. The van der Waals surface area contributed by atoms with Gasteiger partial charge < -0.3 is 24.0 Å². The van der Waals surface area contributed by atoms with Gasteiger partial charge in [0.05, 0.1) is 19.9 Å². The molecule has 2 amide bonds. The molecule has 0 bridgehead atoms. The van der Waals surface area contributed by atoms with Gasteiger partial charge >= 0.3 is 24.1 Å². The second-order valence-electron chi connectivity index (χ2n) is 12.2. The molecule has 0 saturated carbocycles. The molecule has 0 unspecified atom stereocenters. The lowest BCUT2D eigenvalue weighted by Gasteiger charge is -2.45. The summed E-state index contributed by atoms with van der Waals surface area (Å²) in [6.07, 6.45) is -5.35. The lowest BCUT2D eigenvalue weighted by atomic mass is 9.93. The minimum Gasteiger partial charge on any atom is -0.463 e. The lowest BCUT2D eigenvalue weighted by molar-refractivity contribution is -0.276. The Bertz CT molecular complexity index is 1430. The van der Waals surface area contributed by atoms with E-state index in [4.69, 9.17) is 14.2 Å². The summed E-state index contributed by atoms with van der Waals surface area (Å²) >= 11 is 0. The minimum absolute atomic E-state index is 0.0193. The summed E-state index contributed by atoms with van der Waals surface area (Å²) in [4.78, 5) is 45.4. The van der Waals surface area contributed by atoms with Crippen molar-refractivity contribution in [1.82, 2.24) is 14.7 Å².